The van der Waals surface area contributed by atoms with E-state index in [0.717, 1.165) is 21.0 Å². The lowest BCUT2D eigenvalue weighted by molar-refractivity contribution is 0.429. The van der Waals surface area contributed by atoms with Gasteiger partial charge < -0.3 is 15.5 Å². The smallest absolute Gasteiger partial charge is 0.335 e. The van der Waals surface area contributed by atoms with E-state index in [1.165, 1.54) is 6.07 Å². The third-order valence-corrected chi connectivity index (χ3v) is 5.43. The topological polar surface area (TPSA) is 115 Å². The fourth-order valence-electron chi connectivity index (χ4n) is 3.80. The highest BCUT2D eigenvalue weighted by Gasteiger charge is 2.28. The summed E-state index contributed by atoms with van der Waals surface area (Å²) in [6.45, 7) is 0. The molecule has 0 radical (unpaired) electrons. The molecule has 9 heteroatoms. The number of nitrogens with zero attached hydrogens (tertiary/aromatic N) is 2. The van der Waals surface area contributed by atoms with Crippen LogP contribution in [-0.2, 0) is 0 Å². The van der Waals surface area contributed by atoms with E-state index in [1.54, 1.807) is 18.2 Å². The average Bonchev–Trinajstić information content (AvgIpc) is 3.34. The van der Waals surface area contributed by atoms with Gasteiger partial charge in [-0.05, 0) is 24.3 Å². The minimum absolute atomic E-state index is 0.0515. The van der Waals surface area contributed by atoms with E-state index in [2.05, 4.69) is 20.5 Å². The van der Waals surface area contributed by atoms with Crippen LogP contribution < -0.4 is 16.7 Å². The van der Waals surface area contributed by atoms with Crippen molar-refractivity contribution in [2.75, 3.05) is 0 Å². The van der Waals surface area contributed by atoms with Gasteiger partial charge in [-0.3, -0.25) is 9.78 Å². The maximum absolute atomic E-state index is 12.5. The fraction of sp³-hybridized carbons (Fsp3) is 0.0952. The summed E-state index contributed by atoms with van der Waals surface area (Å²) in [7, 11) is 0. The molecular weight excluding hydrogens is 406 g/mol. The van der Waals surface area contributed by atoms with Gasteiger partial charge in [0.2, 0.25) is 5.88 Å². The number of fused-ring (bicyclic) bond motifs is 1. The summed E-state index contributed by atoms with van der Waals surface area (Å²) in [5, 5.41) is 16.6. The summed E-state index contributed by atoms with van der Waals surface area (Å²) in [6, 6.07) is 14.1. The minimum Gasteiger partial charge on any atom is -0.493 e. The van der Waals surface area contributed by atoms with Gasteiger partial charge in [0.25, 0.3) is 5.56 Å². The molecular formula is C21H16ClN5O3. The number of H-pyrrole nitrogens is 2. The van der Waals surface area contributed by atoms with Crippen LogP contribution in [0.3, 0.4) is 0 Å². The zero-order valence-electron chi connectivity index (χ0n) is 15.5. The number of para-hydroxylation sites is 1. The Labute approximate surface area is 174 Å². The monoisotopic (exact) mass is 421 g/mol. The van der Waals surface area contributed by atoms with E-state index in [9.17, 15) is 14.7 Å². The number of aromatic amines is 2. The van der Waals surface area contributed by atoms with Gasteiger partial charge >= 0.3 is 5.69 Å². The number of hydrazone groups is 1. The van der Waals surface area contributed by atoms with E-state index in [0.29, 0.717) is 22.8 Å². The second-order valence-electron chi connectivity index (χ2n) is 7.01. The Morgan fingerprint density at radius 3 is 2.80 bits per heavy atom. The second-order valence-corrected chi connectivity index (χ2v) is 7.44. The Morgan fingerprint density at radius 1 is 1.13 bits per heavy atom. The summed E-state index contributed by atoms with van der Waals surface area (Å²) < 4.78 is 1.00. The Kier molecular flexibility index (Phi) is 4.22. The van der Waals surface area contributed by atoms with Crippen molar-refractivity contribution < 1.29 is 5.11 Å². The summed E-state index contributed by atoms with van der Waals surface area (Å²) in [4.78, 5) is 30.4. The van der Waals surface area contributed by atoms with Crippen molar-refractivity contribution in [3.05, 3.63) is 91.7 Å². The van der Waals surface area contributed by atoms with Crippen LogP contribution in [0.4, 0.5) is 0 Å². The van der Waals surface area contributed by atoms with E-state index in [4.69, 9.17) is 11.6 Å². The molecule has 0 amide bonds. The highest BCUT2D eigenvalue weighted by atomic mass is 35.5. The number of halogens is 1. The minimum atomic E-state index is -0.761. The van der Waals surface area contributed by atoms with Crippen molar-refractivity contribution in [1.82, 2.24) is 20.0 Å². The number of benzene rings is 2. The molecule has 2 aromatic carbocycles. The average molecular weight is 422 g/mol. The Bertz CT molecular complexity index is 1430. The molecule has 0 saturated carbocycles. The molecule has 3 heterocycles. The zero-order valence-corrected chi connectivity index (χ0v) is 16.3. The van der Waals surface area contributed by atoms with Gasteiger partial charge in [0.1, 0.15) is 5.56 Å². The SMILES string of the molecule is O=c1[nH]c(=O)n(-c2cccc(Cl)c2)c(O)c1C1=NN[C@@H](c2c[nH]c3ccccc23)C1. The summed E-state index contributed by atoms with van der Waals surface area (Å²) in [5.41, 5.74) is 4.22. The zero-order chi connectivity index (χ0) is 20.8. The molecule has 4 aromatic rings. The first-order chi connectivity index (χ1) is 14.5. The molecule has 8 nitrogen and oxygen atoms in total. The van der Waals surface area contributed by atoms with Gasteiger partial charge in [0.05, 0.1) is 17.4 Å². The van der Waals surface area contributed by atoms with Crippen LogP contribution in [0.2, 0.25) is 5.02 Å². The Morgan fingerprint density at radius 2 is 1.97 bits per heavy atom. The standard InChI is InChI=1S/C21H16ClN5O3/c22-11-4-3-5-12(8-11)27-20(29)18(19(28)24-21(27)30)17-9-16(25-26-17)14-10-23-15-7-2-1-6-13(14)15/h1-8,10,16,23,25,29H,9H2,(H,24,28,30)/t16-/m1/s1. The normalized spacial score (nSPS) is 15.9. The van der Waals surface area contributed by atoms with E-state index in [1.807, 2.05) is 30.5 Å². The largest absolute Gasteiger partial charge is 0.493 e. The maximum Gasteiger partial charge on any atom is 0.335 e. The fourth-order valence-corrected chi connectivity index (χ4v) is 3.98. The maximum atomic E-state index is 12.5. The van der Waals surface area contributed by atoms with E-state index >= 15 is 0 Å². The lowest BCUT2D eigenvalue weighted by Crippen LogP contribution is -2.33. The predicted molar refractivity (Wildman–Crippen MR) is 115 cm³/mol. The number of aromatic hydroxyl groups is 1. The quantitative estimate of drug-likeness (QED) is 0.407. The van der Waals surface area contributed by atoms with Gasteiger partial charge in [0.15, 0.2) is 0 Å². The van der Waals surface area contributed by atoms with Crippen LogP contribution in [0, 0.1) is 0 Å². The highest BCUT2D eigenvalue weighted by Crippen LogP contribution is 2.31. The Balaban J connectivity index is 1.56. The third kappa shape index (κ3) is 2.89. The molecule has 0 aliphatic carbocycles. The van der Waals surface area contributed by atoms with Gasteiger partial charge in [-0.25, -0.2) is 9.36 Å². The van der Waals surface area contributed by atoms with Gasteiger partial charge in [-0.1, -0.05) is 35.9 Å². The number of hydrogen-bond acceptors (Lipinski definition) is 5. The predicted octanol–water partition coefficient (Wildman–Crippen LogP) is 2.80. The molecule has 0 spiro atoms. The number of rotatable bonds is 3. The van der Waals surface area contributed by atoms with Gasteiger partial charge in [-0.15, -0.1) is 0 Å². The van der Waals surface area contributed by atoms with Crippen molar-refractivity contribution in [2.45, 2.75) is 12.5 Å². The molecule has 0 bridgehead atoms. The number of aromatic nitrogens is 3. The molecule has 0 saturated heterocycles. The molecule has 5 rings (SSSR count). The first kappa shape index (κ1) is 18.3. The summed E-state index contributed by atoms with van der Waals surface area (Å²) in [5.74, 6) is -0.480. The molecule has 1 atom stereocenters. The van der Waals surface area contributed by atoms with Crippen LogP contribution in [0.5, 0.6) is 5.88 Å². The van der Waals surface area contributed by atoms with Crippen molar-refractivity contribution in [3.8, 4) is 11.6 Å². The van der Waals surface area contributed by atoms with Gasteiger partial charge in [-0.2, -0.15) is 5.10 Å². The summed E-state index contributed by atoms with van der Waals surface area (Å²) >= 11 is 6.02. The number of nitrogens with one attached hydrogen (secondary N) is 3. The molecule has 0 unspecified atom stereocenters. The molecule has 1 aliphatic heterocycles. The first-order valence-electron chi connectivity index (χ1n) is 9.25. The van der Waals surface area contributed by atoms with E-state index < -0.39 is 17.1 Å². The lowest BCUT2D eigenvalue weighted by Gasteiger charge is -2.12. The number of hydrogen-bond donors (Lipinski definition) is 4. The van der Waals surface area contributed by atoms with Crippen LogP contribution in [0.25, 0.3) is 16.6 Å². The molecule has 150 valence electrons. The lowest BCUT2D eigenvalue weighted by atomic mass is 9.99. The second kappa shape index (κ2) is 6.93. The van der Waals surface area contributed by atoms with Crippen molar-refractivity contribution in [3.63, 3.8) is 0 Å². The van der Waals surface area contributed by atoms with Crippen LogP contribution >= 0.6 is 11.6 Å². The van der Waals surface area contributed by atoms with E-state index in [-0.39, 0.29) is 11.6 Å². The van der Waals surface area contributed by atoms with Gasteiger partial charge in [0, 0.05) is 34.1 Å². The van der Waals surface area contributed by atoms with Crippen molar-refractivity contribution >= 4 is 28.2 Å². The van der Waals surface area contributed by atoms with Crippen LogP contribution in [0.15, 0.2) is 69.4 Å². The molecule has 1 aliphatic rings. The summed E-state index contributed by atoms with van der Waals surface area (Å²) in [6.07, 6.45) is 2.27. The van der Waals surface area contributed by atoms with Crippen LogP contribution in [-0.4, -0.2) is 25.4 Å². The van der Waals surface area contributed by atoms with Crippen molar-refractivity contribution in [2.24, 2.45) is 5.10 Å². The molecule has 2 aromatic heterocycles. The third-order valence-electron chi connectivity index (χ3n) is 5.19. The highest BCUT2D eigenvalue weighted by molar-refractivity contribution is 6.30. The molecule has 4 N–H and O–H groups in total. The Hall–Kier alpha value is -3.78. The molecule has 30 heavy (non-hydrogen) atoms. The first-order valence-corrected chi connectivity index (χ1v) is 9.63. The van der Waals surface area contributed by atoms with Crippen LogP contribution in [0.1, 0.15) is 23.6 Å². The van der Waals surface area contributed by atoms with Crippen molar-refractivity contribution in [1.29, 1.82) is 0 Å². The molecule has 0 fully saturated rings.